The van der Waals surface area contributed by atoms with Crippen molar-refractivity contribution in [3.8, 4) is 0 Å². The maximum atomic E-state index is 12.4. The second kappa shape index (κ2) is 7.17. The number of aliphatic hydroxyl groups is 2. The van der Waals surface area contributed by atoms with Crippen LogP contribution in [-0.4, -0.2) is 70.2 Å². The number of carboxylic acid groups (broad SMARTS) is 1. The van der Waals surface area contributed by atoms with Gasteiger partial charge in [-0.1, -0.05) is 23.7 Å². The lowest BCUT2D eigenvalue weighted by atomic mass is 10.0. The molecule has 2 aliphatic rings. The van der Waals surface area contributed by atoms with Gasteiger partial charge in [0.1, 0.15) is 11.7 Å². The first-order chi connectivity index (χ1) is 13.1. The lowest BCUT2D eigenvalue weighted by Gasteiger charge is -2.49. The number of halogens is 1. The first-order valence-corrected chi connectivity index (χ1v) is 10.0. The summed E-state index contributed by atoms with van der Waals surface area (Å²) in [6.07, 6.45) is -1.71. The summed E-state index contributed by atoms with van der Waals surface area (Å²) in [5.41, 5.74) is -0.803. The molecular weight excluding hydrogens is 416 g/mol. The molecule has 0 spiro atoms. The third kappa shape index (κ3) is 3.26. The molecule has 0 bridgehead atoms. The Bertz CT molecular complexity index is 1010. The number of carbonyl (C=O) groups is 3. The molecule has 3 rings (SSSR count). The number of hydrogen-bond donors (Lipinski definition) is 4. The molecule has 1 saturated heterocycles. The Morgan fingerprint density at radius 3 is 2.61 bits per heavy atom. The van der Waals surface area contributed by atoms with Crippen molar-refractivity contribution in [2.24, 2.45) is 0 Å². The van der Waals surface area contributed by atoms with E-state index in [4.69, 9.17) is 11.6 Å². The number of amides is 2. The third-order valence-electron chi connectivity index (χ3n) is 4.47. The van der Waals surface area contributed by atoms with Crippen molar-refractivity contribution in [1.82, 2.24) is 10.2 Å². The van der Waals surface area contributed by atoms with Crippen LogP contribution in [0.5, 0.6) is 0 Å². The van der Waals surface area contributed by atoms with Gasteiger partial charge in [-0.3, -0.25) is 14.5 Å². The number of aliphatic hydroxyl groups excluding tert-OH is 2. The third-order valence-corrected chi connectivity index (χ3v) is 6.67. The van der Waals surface area contributed by atoms with Crippen LogP contribution in [-0.2, 0) is 24.2 Å². The fourth-order valence-electron chi connectivity index (χ4n) is 3.20. The molecule has 0 radical (unpaired) electrons. The Balaban J connectivity index is 1.86. The molecule has 1 unspecified atom stereocenters. The van der Waals surface area contributed by atoms with E-state index in [1.807, 2.05) is 0 Å². The number of benzene rings is 1. The van der Waals surface area contributed by atoms with Crippen molar-refractivity contribution >= 4 is 39.2 Å². The number of rotatable bonds is 5. The van der Waals surface area contributed by atoms with Gasteiger partial charge in [-0.15, -0.1) is 0 Å². The van der Waals surface area contributed by atoms with Crippen LogP contribution in [0.4, 0.5) is 0 Å². The minimum Gasteiger partial charge on any atom is -0.477 e. The molecule has 1 aromatic carbocycles. The van der Waals surface area contributed by atoms with Gasteiger partial charge in [-0.25, -0.2) is 13.2 Å². The summed E-state index contributed by atoms with van der Waals surface area (Å²) in [6.45, 7) is -0.845. The highest BCUT2D eigenvalue weighted by molar-refractivity contribution is 7.92. The van der Waals surface area contributed by atoms with Crippen molar-refractivity contribution < 1.29 is 38.1 Å². The molecule has 2 amide bonds. The Morgan fingerprint density at radius 2 is 2.04 bits per heavy atom. The van der Waals surface area contributed by atoms with Crippen LogP contribution < -0.4 is 5.32 Å². The van der Waals surface area contributed by atoms with Crippen LogP contribution >= 0.6 is 11.6 Å². The second-order valence-corrected chi connectivity index (χ2v) is 8.80. The van der Waals surface area contributed by atoms with E-state index in [2.05, 4.69) is 5.32 Å². The maximum absolute atomic E-state index is 12.4. The summed E-state index contributed by atoms with van der Waals surface area (Å²) in [5.74, 6) is -4.34. The fourth-order valence-corrected chi connectivity index (χ4v) is 5.42. The molecule has 1 aromatic rings. The SMILES string of the molecule is O=C(O)C1=C(CO)CS(=O)(=O)[C@H]2[C@@H](NC(=O)C(O)c3cccc(Cl)c3)C(=O)N12. The van der Waals surface area contributed by atoms with Gasteiger partial charge >= 0.3 is 5.97 Å². The average molecular weight is 431 g/mol. The molecule has 3 atom stereocenters. The number of aliphatic carboxylic acids is 1. The molecule has 2 heterocycles. The molecular formula is C16H15ClN2O8S. The van der Waals surface area contributed by atoms with Gasteiger partial charge in [0, 0.05) is 10.6 Å². The number of nitrogens with zero attached hydrogens (tertiary/aromatic N) is 1. The van der Waals surface area contributed by atoms with Crippen molar-refractivity contribution in [1.29, 1.82) is 0 Å². The minimum absolute atomic E-state index is 0.133. The van der Waals surface area contributed by atoms with Crippen LogP contribution in [0.2, 0.25) is 5.02 Å². The zero-order valence-electron chi connectivity index (χ0n) is 14.1. The van der Waals surface area contributed by atoms with Crippen LogP contribution in [0.3, 0.4) is 0 Å². The lowest BCUT2D eigenvalue weighted by molar-refractivity contribution is -0.152. The molecule has 0 aromatic heterocycles. The Morgan fingerprint density at radius 1 is 1.36 bits per heavy atom. The van der Waals surface area contributed by atoms with E-state index >= 15 is 0 Å². The van der Waals surface area contributed by atoms with Crippen molar-refractivity contribution in [3.63, 3.8) is 0 Å². The van der Waals surface area contributed by atoms with Crippen molar-refractivity contribution in [2.75, 3.05) is 12.4 Å². The summed E-state index contributed by atoms with van der Waals surface area (Å²) in [5, 5.41) is 29.5. The highest BCUT2D eigenvalue weighted by Crippen LogP contribution is 2.36. The summed E-state index contributed by atoms with van der Waals surface area (Å²) in [6, 6.07) is 4.21. The Kier molecular flexibility index (Phi) is 5.19. The first kappa shape index (κ1) is 20.3. The predicted molar refractivity (Wildman–Crippen MR) is 94.5 cm³/mol. The van der Waals surface area contributed by atoms with Gasteiger partial charge in [0.15, 0.2) is 21.3 Å². The van der Waals surface area contributed by atoms with Gasteiger partial charge in [-0.2, -0.15) is 0 Å². The van der Waals surface area contributed by atoms with E-state index in [-0.39, 0.29) is 16.2 Å². The number of fused-ring (bicyclic) bond motifs is 1. The van der Waals surface area contributed by atoms with Gasteiger partial charge in [-0.05, 0) is 17.7 Å². The number of sulfone groups is 1. The zero-order valence-corrected chi connectivity index (χ0v) is 15.6. The maximum Gasteiger partial charge on any atom is 0.352 e. The normalized spacial score (nSPS) is 24.2. The summed E-state index contributed by atoms with van der Waals surface area (Å²) >= 11 is 5.80. The highest BCUT2D eigenvalue weighted by Gasteiger charge is 2.60. The molecule has 150 valence electrons. The zero-order chi connectivity index (χ0) is 20.8. The predicted octanol–water partition coefficient (Wildman–Crippen LogP) is -1.21. The van der Waals surface area contributed by atoms with Crippen molar-refractivity contribution in [2.45, 2.75) is 17.5 Å². The lowest BCUT2D eigenvalue weighted by Crippen LogP contribution is -2.75. The number of carboxylic acids is 1. The van der Waals surface area contributed by atoms with Gasteiger partial charge in [0.2, 0.25) is 0 Å². The fraction of sp³-hybridized carbons (Fsp3) is 0.312. The Labute approximate surface area is 163 Å². The molecule has 4 N–H and O–H groups in total. The molecule has 2 aliphatic heterocycles. The van der Waals surface area contributed by atoms with E-state index in [0.29, 0.717) is 4.90 Å². The second-order valence-electron chi connectivity index (χ2n) is 6.27. The summed E-state index contributed by atoms with van der Waals surface area (Å²) < 4.78 is 24.9. The van der Waals surface area contributed by atoms with E-state index in [0.717, 1.165) is 0 Å². The Hall–Kier alpha value is -2.47. The molecule has 10 nitrogen and oxygen atoms in total. The van der Waals surface area contributed by atoms with E-state index < -0.39 is 63.2 Å². The monoisotopic (exact) mass is 430 g/mol. The molecule has 0 saturated carbocycles. The van der Waals surface area contributed by atoms with E-state index in [9.17, 15) is 38.1 Å². The summed E-state index contributed by atoms with van der Waals surface area (Å²) in [4.78, 5) is 36.6. The molecule has 0 aliphatic carbocycles. The van der Waals surface area contributed by atoms with Crippen LogP contribution in [0.15, 0.2) is 35.5 Å². The molecule has 28 heavy (non-hydrogen) atoms. The number of nitrogens with one attached hydrogen (secondary N) is 1. The van der Waals surface area contributed by atoms with Crippen LogP contribution in [0.25, 0.3) is 0 Å². The van der Waals surface area contributed by atoms with Gasteiger partial charge < -0.3 is 20.6 Å². The first-order valence-electron chi connectivity index (χ1n) is 7.93. The van der Waals surface area contributed by atoms with Gasteiger partial charge in [0.25, 0.3) is 11.8 Å². The smallest absolute Gasteiger partial charge is 0.352 e. The van der Waals surface area contributed by atoms with E-state index in [1.54, 1.807) is 0 Å². The van der Waals surface area contributed by atoms with E-state index in [1.165, 1.54) is 24.3 Å². The largest absolute Gasteiger partial charge is 0.477 e. The quantitative estimate of drug-likeness (QED) is 0.423. The minimum atomic E-state index is -4.07. The van der Waals surface area contributed by atoms with Crippen molar-refractivity contribution in [3.05, 3.63) is 46.1 Å². The van der Waals surface area contributed by atoms with Crippen LogP contribution in [0, 0.1) is 0 Å². The number of hydrogen-bond acceptors (Lipinski definition) is 7. The van der Waals surface area contributed by atoms with Gasteiger partial charge in [0.05, 0.1) is 12.4 Å². The standard InChI is InChI=1S/C16H15ClN2O8S/c17-9-3-1-2-7(4-9)12(21)13(22)18-10-14(23)19-11(16(24)25)8(5-20)6-28(26,27)15(10)19/h1-4,10,12,15,20-21H,5-6H2,(H,18,22)(H,24,25)/t10-,12?,15-/m0/s1. The van der Waals surface area contributed by atoms with Crippen LogP contribution in [0.1, 0.15) is 11.7 Å². The molecule has 12 heteroatoms. The summed E-state index contributed by atoms with van der Waals surface area (Å²) in [7, 11) is -4.07. The molecule has 1 fully saturated rings. The highest BCUT2D eigenvalue weighted by atomic mass is 35.5. The number of β-lactam (4-membered cyclic amide) rings is 1. The number of carbonyl (C=O) groups excluding carboxylic acids is 2. The average Bonchev–Trinajstić information content (AvgIpc) is 2.63. The topological polar surface area (TPSA) is 161 Å².